The number of nitrogens with one attached hydrogen (secondary N) is 1. The van der Waals surface area contributed by atoms with Crippen molar-refractivity contribution in [2.45, 2.75) is 6.54 Å². The Labute approximate surface area is 111 Å². The molecule has 4 heteroatoms. The van der Waals surface area contributed by atoms with E-state index in [1.165, 1.54) is 6.07 Å². The summed E-state index contributed by atoms with van der Waals surface area (Å²) in [6, 6.07) is 13.4. The van der Waals surface area contributed by atoms with E-state index < -0.39 is 0 Å². The number of hydrogen-bond acceptors (Lipinski definition) is 3. The molecule has 0 saturated carbocycles. The van der Waals surface area contributed by atoms with Gasteiger partial charge in [-0.25, -0.2) is 4.39 Å². The molecule has 3 nitrogen and oxygen atoms in total. The fourth-order valence-corrected chi connectivity index (χ4v) is 1.69. The molecule has 0 aliphatic heterocycles. The first-order chi connectivity index (χ1) is 9.25. The molecule has 0 spiro atoms. The predicted molar refractivity (Wildman–Crippen MR) is 71.7 cm³/mol. The van der Waals surface area contributed by atoms with Gasteiger partial charge in [-0.3, -0.25) is 0 Å². The summed E-state index contributed by atoms with van der Waals surface area (Å²) in [4.78, 5) is 0. The highest BCUT2D eigenvalue weighted by atomic mass is 19.1. The summed E-state index contributed by atoms with van der Waals surface area (Å²) in [6.45, 7) is 1.62. The lowest BCUT2D eigenvalue weighted by Crippen LogP contribution is -2.20. The number of benzene rings is 2. The fraction of sp³-hybridized carbons (Fsp3) is 0.200. The number of para-hydroxylation sites is 1. The molecule has 19 heavy (non-hydrogen) atoms. The van der Waals surface area contributed by atoms with E-state index in [0.717, 1.165) is 5.56 Å². The number of rotatable bonds is 6. The normalized spacial score (nSPS) is 10.4. The van der Waals surface area contributed by atoms with Gasteiger partial charge in [0.2, 0.25) is 0 Å². The van der Waals surface area contributed by atoms with Gasteiger partial charge in [0.1, 0.15) is 12.4 Å². The number of phenolic OH excluding ortho intramolecular Hbond substituents is 1. The maximum Gasteiger partial charge on any atom is 0.165 e. The molecular weight excluding hydrogens is 245 g/mol. The summed E-state index contributed by atoms with van der Waals surface area (Å²) in [6.07, 6.45) is 0. The Morgan fingerprint density at radius 1 is 1.11 bits per heavy atom. The first kappa shape index (κ1) is 13.4. The highest BCUT2D eigenvalue weighted by Crippen LogP contribution is 2.14. The monoisotopic (exact) mass is 261 g/mol. The summed E-state index contributed by atoms with van der Waals surface area (Å²) in [7, 11) is 0. The standard InChI is InChI=1S/C15H16FNO2/c16-14-6-1-2-7-15(14)19-9-8-17-11-12-4-3-5-13(18)10-12/h1-7,10,17-18H,8-9,11H2. The van der Waals surface area contributed by atoms with E-state index in [-0.39, 0.29) is 17.3 Å². The lowest BCUT2D eigenvalue weighted by molar-refractivity contribution is 0.298. The summed E-state index contributed by atoms with van der Waals surface area (Å²) in [5.41, 5.74) is 0.992. The summed E-state index contributed by atoms with van der Waals surface area (Å²) < 4.78 is 18.5. The Bertz CT molecular complexity index is 531. The van der Waals surface area contributed by atoms with Crippen LogP contribution in [0, 0.1) is 5.82 Å². The second kappa shape index (κ2) is 6.75. The third kappa shape index (κ3) is 4.26. The predicted octanol–water partition coefficient (Wildman–Crippen LogP) is 2.70. The summed E-state index contributed by atoms with van der Waals surface area (Å²) >= 11 is 0. The topological polar surface area (TPSA) is 41.5 Å². The van der Waals surface area contributed by atoms with Gasteiger partial charge in [-0.1, -0.05) is 24.3 Å². The van der Waals surface area contributed by atoms with Crippen molar-refractivity contribution in [2.75, 3.05) is 13.2 Å². The van der Waals surface area contributed by atoms with Crippen molar-refractivity contribution in [2.24, 2.45) is 0 Å². The number of ether oxygens (including phenoxy) is 1. The van der Waals surface area contributed by atoms with Crippen molar-refractivity contribution >= 4 is 0 Å². The van der Waals surface area contributed by atoms with E-state index in [0.29, 0.717) is 19.7 Å². The van der Waals surface area contributed by atoms with Crippen LogP contribution in [0.25, 0.3) is 0 Å². The highest BCUT2D eigenvalue weighted by molar-refractivity contribution is 5.27. The molecular formula is C15H16FNO2. The molecule has 100 valence electrons. The Kier molecular flexibility index (Phi) is 4.75. The van der Waals surface area contributed by atoms with E-state index in [4.69, 9.17) is 4.74 Å². The van der Waals surface area contributed by atoms with Crippen LogP contribution in [0.4, 0.5) is 4.39 Å². The van der Waals surface area contributed by atoms with Crippen LogP contribution in [0.5, 0.6) is 11.5 Å². The van der Waals surface area contributed by atoms with Crippen molar-refractivity contribution < 1.29 is 14.2 Å². The molecule has 0 atom stereocenters. The Balaban J connectivity index is 1.69. The number of aromatic hydroxyl groups is 1. The third-order valence-corrected chi connectivity index (χ3v) is 2.61. The third-order valence-electron chi connectivity index (χ3n) is 2.61. The van der Waals surface area contributed by atoms with E-state index in [9.17, 15) is 9.50 Å². The second-order valence-electron chi connectivity index (χ2n) is 4.13. The van der Waals surface area contributed by atoms with Crippen molar-refractivity contribution in [1.82, 2.24) is 5.32 Å². The van der Waals surface area contributed by atoms with Crippen LogP contribution in [0.2, 0.25) is 0 Å². The minimum atomic E-state index is -0.351. The zero-order chi connectivity index (χ0) is 13.5. The highest BCUT2D eigenvalue weighted by Gasteiger charge is 2.00. The second-order valence-corrected chi connectivity index (χ2v) is 4.13. The maximum atomic E-state index is 13.2. The van der Waals surface area contributed by atoms with E-state index in [2.05, 4.69) is 5.32 Å². The van der Waals surface area contributed by atoms with Crippen LogP contribution >= 0.6 is 0 Å². The summed E-state index contributed by atoms with van der Waals surface area (Å²) in [5.74, 6) is 0.166. The molecule has 0 bridgehead atoms. The lowest BCUT2D eigenvalue weighted by atomic mass is 10.2. The van der Waals surface area contributed by atoms with E-state index in [1.54, 1.807) is 36.4 Å². The van der Waals surface area contributed by atoms with Crippen LogP contribution in [-0.4, -0.2) is 18.3 Å². The first-order valence-electron chi connectivity index (χ1n) is 6.11. The van der Waals surface area contributed by atoms with Crippen LogP contribution in [0.15, 0.2) is 48.5 Å². The molecule has 0 fully saturated rings. The Hall–Kier alpha value is -2.07. The lowest BCUT2D eigenvalue weighted by Gasteiger charge is -2.08. The molecule has 2 aromatic rings. The molecule has 2 aromatic carbocycles. The average Bonchev–Trinajstić information content (AvgIpc) is 2.40. The molecule has 0 amide bonds. The van der Waals surface area contributed by atoms with Gasteiger partial charge in [-0.15, -0.1) is 0 Å². The van der Waals surface area contributed by atoms with Crippen molar-refractivity contribution in [3.8, 4) is 11.5 Å². The van der Waals surface area contributed by atoms with Gasteiger partial charge in [0.25, 0.3) is 0 Å². The number of phenols is 1. The van der Waals surface area contributed by atoms with Gasteiger partial charge in [-0.2, -0.15) is 0 Å². The van der Waals surface area contributed by atoms with Crippen LogP contribution in [0.1, 0.15) is 5.56 Å². The Morgan fingerprint density at radius 2 is 1.95 bits per heavy atom. The zero-order valence-corrected chi connectivity index (χ0v) is 10.5. The van der Waals surface area contributed by atoms with Crippen LogP contribution in [-0.2, 0) is 6.54 Å². The molecule has 0 aromatic heterocycles. The fourth-order valence-electron chi connectivity index (χ4n) is 1.69. The van der Waals surface area contributed by atoms with Gasteiger partial charge in [0.05, 0.1) is 0 Å². The van der Waals surface area contributed by atoms with E-state index >= 15 is 0 Å². The van der Waals surface area contributed by atoms with Gasteiger partial charge < -0.3 is 15.2 Å². The molecule has 0 radical (unpaired) electrons. The first-order valence-corrected chi connectivity index (χ1v) is 6.11. The van der Waals surface area contributed by atoms with Gasteiger partial charge >= 0.3 is 0 Å². The average molecular weight is 261 g/mol. The van der Waals surface area contributed by atoms with Gasteiger partial charge in [0.15, 0.2) is 11.6 Å². The Morgan fingerprint density at radius 3 is 2.74 bits per heavy atom. The van der Waals surface area contributed by atoms with Crippen LogP contribution < -0.4 is 10.1 Å². The molecule has 0 saturated heterocycles. The molecule has 2 rings (SSSR count). The van der Waals surface area contributed by atoms with Gasteiger partial charge in [0, 0.05) is 13.1 Å². The van der Waals surface area contributed by atoms with E-state index in [1.807, 2.05) is 6.07 Å². The van der Waals surface area contributed by atoms with Gasteiger partial charge in [-0.05, 0) is 29.8 Å². The zero-order valence-electron chi connectivity index (χ0n) is 10.5. The quantitative estimate of drug-likeness (QED) is 0.786. The minimum absolute atomic E-state index is 0.252. The molecule has 2 N–H and O–H groups in total. The molecule has 0 heterocycles. The number of hydrogen-bond donors (Lipinski definition) is 2. The SMILES string of the molecule is Oc1cccc(CNCCOc2ccccc2F)c1. The largest absolute Gasteiger partial charge is 0.508 e. The van der Waals surface area contributed by atoms with Crippen molar-refractivity contribution in [1.29, 1.82) is 0 Å². The molecule has 0 aliphatic carbocycles. The summed E-state index contributed by atoms with van der Waals surface area (Å²) in [5, 5.41) is 12.5. The van der Waals surface area contributed by atoms with Crippen molar-refractivity contribution in [3.05, 3.63) is 59.9 Å². The number of halogens is 1. The molecule has 0 aliphatic rings. The smallest absolute Gasteiger partial charge is 0.165 e. The molecule has 0 unspecified atom stereocenters. The maximum absolute atomic E-state index is 13.2. The van der Waals surface area contributed by atoms with Crippen LogP contribution in [0.3, 0.4) is 0 Å². The minimum Gasteiger partial charge on any atom is -0.508 e. The van der Waals surface area contributed by atoms with Crippen molar-refractivity contribution in [3.63, 3.8) is 0 Å².